The lowest BCUT2D eigenvalue weighted by molar-refractivity contribution is 0.824. The molecule has 4 heteroatoms. The van der Waals surface area contributed by atoms with Crippen LogP contribution in [0.25, 0.3) is 11.0 Å². The van der Waals surface area contributed by atoms with Crippen molar-refractivity contribution in [3.05, 3.63) is 58.4 Å². The topological polar surface area (TPSA) is 43.8 Å². The van der Waals surface area contributed by atoms with Gasteiger partial charge in [0.2, 0.25) is 0 Å². The van der Waals surface area contributed by atoms with Crippen LogP contribution in [0.1, 0.15) is 16.7 Å². The summed E-state index contributed by atoms with van der Waals surface area (Å²) in [5.74, 6) is 0. The lowest BCUT2D eigenvalue weighted by Crippen LogP contribution is -1.99. The largest absolute Gasteiger partial charge is 0.399 e. The second-order valence-electron chi connectivity index (χ2n) is 5.15. The molecule has 0 spiro atoms. The summed E-state index contributed by atoms with van der Waals surface area (Å²) < 4.78 is 2.11. The molecule has 20 heavy (non-hydrogen) atoms. The Bertz CT molecular complexity index is 790. The van der Waals surface area contributed by atoms with Gasteiger partial charge in [0, 0.05) is 10.7 Å². The van der Waals surface area contributed by atoms with Crippen molar-refractivity contribution in [1.29, 1.82) is 0 Å². The summed E-state index contributed by atoms with van der Waals surface area (Å²) in [5, 5.41) is 0.690. The zero-order valence-electron chi connectivity index (χ0n) is 11.5. The van der Waals surface area contributed by atoms with Gasteiger partial charge in [-0.05, 0) is 54.8 Å². The summed E-state index contributed by atoms with van der Waals surface area (Å²) >= 11 is 6.24. The summed E-state index contributed by atoms with van der Waals surface area (Å²) in [4.78, 5) is 4.46. The minimum Gasteiger partial charge on any atom is -0.399 e. The molecule has 0 aliphatic heterocycles. The lowest BCUT2D eigenvalue weighted by Gasteiger charge is -2.08. The quantitative estimate of drug-likeness (QED) is 0.725. The molecular formula is C16H16ClN3. The van der Waals surface area contributed by atoms with Gasteiger partial charge in [0.15, 0.2) is 0 Å². The lowest BCUT2D eigenvalue weighted by atomic mass is 10.1. The van der Waals surface area contributed by atoms with E-state index in [9.17, 15) is 0 Å². The molecule has 0 aliphatic rings. The number of rotatable bonds is 2. The molecule has 1 heterocycles. The van der Waals surface area contributed by atoms with Gasteiger partial charge in [-0.15, -0.1) is 0 Å². The number of fused-ring (bicyclic) bond motifs is 1. The van der Waals surface area contributed by atoms with Crippen LogP contribution in [0, 0.1) is 13.8 Å². The number of anilines is 1. The first-order chi connectivity index (χ1) is 9.54. The number of hydrogen-bond acceptors (Lipinski definition) is 2. The first kappa shape index (κ1) is 13.0. The van der Waals surface area contributed by atoms with E-state index in [0.29, 0.717) is 17.3 Å². The third-order valence-corrected chi connectivity index (χ3v) is 4.01. The van der Waals surface area contributed by atoms with Crippen molar-refractivity contribution in [3.63, 3.8) is 0 Å². The molecule has 0 radical (unpaired) electrons. The minimum atomic E-state index is 0.681. The summed E-state index contributed by atoms with van der Waals surface area (Å²) in [6, 6.07) is 9.90. The van der Waals surface area contributed by atoms with E-state index in [0.717, 1.165) is 16.6 Å². The van der Waals surface area contributed by atoms with E-state index < -0.39 is 0 Å². The van der Waals surface area contributed by atoms with Gasteiger partial charge in [0.1, 0.15) is 0 Å². The van der Waals surface area contributed by atoms with Crippen molar-refractivity contribution >= 4 is 28.3 Å². The van der Waals surface area contributed by atoms with Crippen LogP contribution in [0.4, 0.5) is 5.69 Å². The fourth-order valence-corrected chi connectivity index (χ4v) is 2.56. The van der Waals surface area contributed by atoms with Crippen molar-refractivity contribution < 1.29 is 0 Å². The first-order valence-corrected chi connectivity index (χ1v) is 6.88. The fraction of sp³-hybridized carbons (Fsp3) is 0.188. The van der Waals surface area contributed by atoms with Gasteiger partial charge in [-0.1, -0.05) is 17.7 Å². The molecule has 1 aromatic heterocycles. The second-order valence-corrected chi connectivity index (χ2v) is 5.56. The van der Waals surface area contributed by atoms with Crippen LogP contribution < -0.4 is 5.73 Å². The van der Waals surface area contributed by atoms with Crippen molar-refractivity contribution in [2.45, 2.75) is 20.4 Å². The highest BCUT2D eigenvalue weighted by Crippen LogP contribution is 2.23. The maximum absolute atomic E-state index is 6.24. The molecule has 0 amide bonds. The summed E-state index contributed by atoms with van der Waals surface area (Å²) in [5.41, 5.74) is 12.1. The highest BCUT2D eigenvalue weighted by Gasteiger charge is 2.07. The van der Waals surface area contributed by atoms with Gasteiger partial charge in [0.25, 0.3) is 0 Å². The first-order valence-electron chi connectivity index (χ1n) is 6.50. The standard InChI is InChI=1S/C16H16ClN3/c1-10-5-15-16(6-11(10)2)20(9-19-15)8-12-3-4-13(18)7-14(12)17/h3-7,9H,8,18H2,1-2H3. The van der Waals surface area contributed by atoms with E-state index in [1.165, 1.54) is 11.1 Å². The SMILES string of the molecule is Cc1cc2ncn(Cc3ccc(N)cc3Cl)c2cc1C. The van der Waals surface area contributed by atoms with E-state index in [4.69, 9.17) is 17.3 Å². The molecule has 3 nitrogen and oxygen atoms in total. The van der Waals surface area contributed by atoms with E-state index in [1.807, 2.05) is 18.5 Å². The van der Waals surface area contributed by atoms with Crippen LogP contribution in [0.2, 0.25) is 5.02 Å². The van der Waals surface area contributed by atoms with Gasteiger partial charge in [0.05, 0.1) is 23.9 Å². The van der Waals surface area contributed by atoms with Crippen LogP contribution in [-0.2, 0) is 6.54 Å². The predicted molar refractivity (Wildman–Crippen MR) is 84.2 cm³/mol. The van der Waals surface area contributed by atoms with E-state index in [1.54, 1.807) is 6.07 Å². The number of halogens is 1. The third kappa shape index (κ3) is 2.25. The molecule has 0 aliphatic carbocycles. The van der Waals surface area contributed by atoms with Crippen molar-refractivity contribution in [2.75, 3.05) is 5.73 Å². The van der Waals surface area contributed by atoms with E-state index in [2.05, 4.69) is 35.5 Å². The van der Waals surface area contributed by atoms with Crippen LogP contribution in [0.3, 0.4) is 0 Å². The Morgan fingerprint density at radius 3 is 2.65 bits per heavy atom. The molecule has 0 unspecified atom stereocenters. The number of imidazole rings is 1. The Morgan fingerprint density at radius 1 is 1.15 bits per heavy atom. The number of nitrogen functional groups attached to an aromatic ring is 1. The van der Waals surface area contributed by atoms with Gasteiger partial charge in [-0.25, -0.2) is 4.98 Å². The molecule has 3 aromatic rings. The normalized spacial score (nSPS) is 11.2. The smallest absolute Gasteiger partial charge is 0.0961 e. The number of nitrogens with zero attached hydrogens (tertiary/aromatic N) is 2. The van der Waals surface area contributed by atoms with Gasteiger partial charge >= 0.3 is 0 Å². The Balaban J connectivity index is 2.04. The van der Waals surface area contributed by atoms with Crippen LogP contribution in [0.5, 0.6) is 0 Å². The monoisotopic (exact) mass is 285 g/mol. The number of hydrogen-bond donors (Lipinski definition) is 1. The Labute approximate surface area is 123 Å². The summed E-state index contributed by atoms with van der Waals surface area (Å²) in [6.45, 7) is 4.91. The molecule has 2 aromatic carbocycles. The highest BCUT2D eigenvalue weighted by molar-refractivity contribution is 6.31. The second kappa shape index (κ2) is 4.84. The molecule has 0 atom stereocenters. The van der Waals surface area contributed by atoms with Crippen LogP contribution in [-0.4, -0.2) is 9.55 Å². The zero-order chi connectivity index (χ0) is 14.3. The number of aromatic nitrogens is 2. The molecule has 0 saturated carbocycles. The maximum atomic E-state index is 6.24. The van der Waals surface area contributed by atoms with Crippen LogP contribution in [0.15, 0.2) is 36.7 Å². The zero-order valence-corrected chi connectivity index (χ0v) is 12.3. The Morgan fingerprint density at radius 2 is 1.90 bits per heavy atom. The predicted octanol–water partition coefficient (Wildman–Crippen LogP) is 3.94. The molecule has 0 bridgehead atoms. The molecule has 0 fully saturated rings. The molecule has 2 N–H and O–H groups in total. The van der Waals surface area contributed by atoms with E-state index in [-0.39, 0.29) is 0 Å². The fourth-order valence-electron chi connectivity index (χ4n) is 2.31. The molecule has 3 rings (SSSR count). The van der Waals surface area contributed by atoms with Gasteiger partial charge in [-0.3, -0.25) is 0 Å². The highest BCUT2D eigenvalue weighted by atomic mass is 35.5. The number of aryl methyl sites for hydroxylation is 2. The molecule has 102 valence electrons. The Hall–Kier alpha value is -2.00. The van der Waals surface area contributed by atoms with Crippen molar-refractivity contribution in [1.82, 2.24) is 9.55 Å². The van der Waals surface area contributed by atoms with Crippen molar-refractivity contribution in [3.8, 4) is 0 Å². The number of nitrogens with two attached hydrogens (primary N) is 1. The molecular weight excluding hydrogens is 270 g/mol. The summed E-state index contributed by atoms with van der Waals surface area (Å²) in [6.07, 6.45) is 1.86. The van der Waals surface area contributed by atoms with Crippen molar-refractivity contribution in [2.24, 2.45) is 0 Å². The average Bonchev–Trinajstić information content (AvgIpc) is 2.76. The summed E-state index contributed by atoms with van der Waals surface area (Å²) in [7, 11) is 0. The third-order valence-electron chi connectivity index (χ3n) is 3.65. The van der Waals surface area contributed by atoms with E-state index >= 15 is 0 Å². The number of benzene rings is 2. The maximum Gasteiger partial charge on any atom is 0.0961 e. The van der Waals surface area contributed by atoms with Gasteiger partial charge in [-0.2, -0.15) is 0 Å². The average molecular weight is 286 g/mol. The van der Waals surface area contributed by atoms with Gasteiger partial charge < -0.3 is 10.3 Å². The molecule has 0 saturated heterocycles. The van der Waals surface area contributed by atoms with Crippen LogP contribution >= 0.6 is 11.6 Å². The minimum absolute atomic E-state index is 0.681. The Kier molecular flexibility index (Phi) is 3.14.